The Balaban J connectivity index is 1.64. The number of nitrogens with one attached hydrogen (secondary N) is 2. The van der Waals surface area contributed by atoms with Crippen LogP contribution >= 0.6 is 0 Å². The molecule has 0 unspecified atom stereocenters. The average molecular weight is 376 g/mol. The Hall–Kier alpha value is -3.91. The number of nitrogens with zero attached hydrogens (tertiary/aromatic N) is 2. The first kappa shape index (κ1) is 17.5. The van der Waals surface area contributed by atoms with Gasteiger partial charge in [-0.1, -0.05) is 12.1 Å². The van der Waals surface area contributed by atoms with Crippen molar-refractivity contribution in [3.8, 4) is 11.4 Å². The maximum absolute atomic E-state index is 12.3. The van der Waals surface area contributed by atoms with E-state index in [1.807, 2.05) is 53.4 Å². The molecule has 3 N–H and O–H groups in total. The van der Waals surface area contributed by atoms with Crippen molar-refractivity contribution in [2.75, 3.05) is 0 Å². The Labute approximate surface area is 159 Å². The smallest absolute Gasteiger partial charge is 0.274 e. The van der Waals surface area contributed by atoms with E-state index in [-0.39, 0.29) is 17.7 Å². The molecule has 8 nitrogen and oxygen atoms in total. The van der Waals surface area contributed by atoms with Crippen LogP contribution in [0.15, 0.2) is 71.8 Å². The molecular weight excluding hydrogens is 360 g/mol. The van der Waals surface area contributed by atoms with Crippen LogP contribution < -0.4 is 15.8 Å². The zero-order chi connectivity index (χ0) is 19.5. The molecule has 1 amide bonds. The minimum atomic E-state index is -0.678. The summed E-state index contributed by atoms with van der Waals surface area (Å²) in [6.07, 6.45) is 3.82. The van der Waals surface area contributed by atoms with Gasteiger partial charge in [-0.2, -0.15) is 0 Å². The summed E-state index contributed by atoms with van der Waals surface area (Å²) < 4.78 is 7.80. The number of rotatable bonds is 5. The van der Waals surface area contributed by atoms with E-state index in [0.717, 1.165) is 5.69 Å². The molecule has 0 fully saturated rings. The third-order valence-corrected chi connectivity index (χ3v) is 4.23. The normalized spacial score (nSPS) is 10.8. The highest BCUT2D eigenvalue weighted by molar-refractivity contribution is 5.96. The number of carbonyl (C=O) groups excluding carboxylic acids is 1. The molecule has 0 aliphatic carbocycles. The van der Waals surface area contributed by atoms with E-state index in [1.54, 1.807) is 5.48 Å². The second kappa shape index (κ2) is 7.37. The largest absolute Gasteiger partial charge is 0.483 e. The van der Waals surface area contributed by atoms with E-state index < -0.39 is 5.91 Å². The average Bonchev–Trinajstić information content (AvgIpc) is 3.26. The summed E-state index contributed by atoms with van der Waals surface area (Å²) in [7, 11) is 0. The fourth-order valence-electron chi connectivity index (χ4n) is 2.90. The van der Waals surface area contributed by atoms with Gasteiger partial charge in [-0.05, 0) is 42.5 Å². The summed E-state index contributed by atoms with van der Waals surface area (Å²) in [5, 5.41) is 9.11. The van der Waals surface area contributed by atoms with E-state index in [2.05, 4.69) is 9.97 Å². The van der Waals surface area contributed by atoms with Gasteiger partial charge >= 0.3 is 0 Å². The van der Waals surface area contributed by atoms with Crippen molar-refractivity contribution in [3.05, 3.63) is 88.7 Å². The minimum Gasteiger partial charge on any atom is -0.483 e. The standard InChI is InChI=1S/C20H16N4O4/c25-19(23-27)13-7-8-14-15(11-13)21-18(22-20(14)26)12-28-17-6-2-1-5-16(17)24-9-3-4-10-24/h1-11,27H,12H2,(H,23,25)(H,21,22,26). The Morgan fingerprint density at radius 1 is 1.14 bits per heavy atom. The van der Waals surface area contributed by atoms with Crippen molar-refractivity contribution in [2.45, 2.75) is 6.61 Å². The molecule has 2 aromatic carbocycles. The highest BCUT2D eigenvalue weighted by Crippen LogP contribution is 2.23. The van der Waals surface area contributed by atoms with Gasteiger partial charge in [0.25, 0.3) is 11.5 Å². The predicted molar refractivity (Wildman–Crippen MR) is 102 cm³/mol. The Bertz CT molecular complexity index is 1200. The predicted octanol–water partition coefficient (Wildman–Crippen LogP) is 2.41. The van der Waals surface area contributed by atoms with Gasteiger partial charge in [0.2, 0.25) is 0 Å². The first-order chi connectivity index (χ1) is 13.7. The number of aromatic nitrogens is 3. The van der Waals surface area contributed by atoms with Gasteiger partial charge in [-0.15, -0.1) is 0 Å². The van der Waals surface area contributed by atoms with Crippen LogP contribution in [0.5, 0.6) is 5.75 Å². The maximum Gasteiger partial charge on any atom is 0.274 e. The number of hydrogen-bond acceptors (Lipinski definition) is 5. The summed E-state index contributed by atoms with van der Waals surface area (Å²) in [6.45, 7) is 0.0416. The second-order valence-electron chi connectivity index (χ2n) is 6.03. The number of fused-ring (bicyclic) bond motifs is 1. The van der Waals surface area contributed by atoms with Gasteiger partial charge in [-0.25, -0.2) is 10.5 Å². The lowest BCUT2D eigenvalue weighted by molar-refractivity contribution is 0.0706. The molecule has 0 saturated carbocycles. The van der Waals surface area contributed by atoms with Crippen molar-refractivity contribution < 1.29 is 14.7 Å². The topological polar surface area (TPSA) is 109 Å². The van der Waals surface area contributed by atoms with E-state index >= 15 is 0 Å². The summed E-state index contributed by atoms with van der Waals surface area (Å²) in [6, 6.07) is 15.7. The molecule has 0 aliphatic heterocycles. The molecule has 4 aromatic rings. The molecule has 0 saturated heterocycles. The van der Waals surface area contributed by atoms with Gasteiger partial charge in [-0.3, -0.25) is 14.8 Å². The quantitative estimate of drug-likeness (QED) is 0.366. The first-order valence-corrected chi connectivity index (χ1v) is 8.48. The lowest BCUT2D eigenvalue weighted by Gasteiger charge is -2.12. The van der Waals surface area contributed by atoms with Crippen molar-refractivity contribution >= 4 is 16.8 Å². The third kappa shape index (κ3) is 3.36. The highest BCUT2D eigenvalue weighted by atomic mass is 16.5. The molecule has 0 aliphatic rings. The molecular formula is C20H16N4O4. The zero-order valence-electron chi connectivity index (χ0n) is 14.6. The number of H-pyrrole nitrogens is 1. The van der Waals surface area contributed by atoms with Crippen LogP contribution in [0, 0.1) is 0 Å². The van der Waals surface area contributed by atoms with Gasteiger partial charge in [0, 0.05) is 18.0 Å². The van der Waals surface area contributed by atoms with Crippen molar-refractivity contribution in [3.63, 3.8) is 0 Å². The molecule has 8 heteroatoms. The summed E-state index contributed by atoms with van der Waals surface area (Å²) >= 11 is 0. The van der Waals surface area contributed by atoms with Crippen LogP contribution in [-0.2, 0) is 6.61 Å². The first-order valence-electron chi connectivity index (χ1n) is 8.48. The van der Waals surface area contributed by atoms with Crippen molar-refractivity contribution in [2.24, 2.45) is 0 Å². The summed E-state index contributed by atoms with van der Waals surface area (Å²) in [5.41, 5.74) is 2.61. The minimum absolute atomic E-state index is 0.0416. The highest BCUT2D eigenvalue weighted by Gasteiger charge is 2.10. The molecule has 2 aromatic heterocycles. The molecule has 0 spiro atoms. The van der Waals surface area contributed by atoms with Gasteiger partial charge in [0.05, 0.1) is 16.6 Å². The summed E-state index contributed by atoms with van der Waals surface area (Å²) in [4.78, 5) is 31.0. The number of aromatic amines is 1. The van der Waals surface area contributed by atoms with Crippen LogP contribution in [0.2, 0.25) is 0 Å². The number of hydrogen-bond donors (Lipinski definition) is 3. The molecule has 0 atom stereocenters. The van der Waals surface area contributed by atoms with E-state index in [1.165, 1.54) is 18.2 Å². The fourth-order valence-corrected chi connectivity index (χ4v) is 2.90. The fraction of sp³-hybridized carbons (Fsp3) is 0.0500. The lowest BCUT2D eigenvalue weighted by atomic mass is 10.1. The maximum atomic E-state index is 12.3. The van der Waals surface area contributed by atoms with E-state index in [9.17, 15) is 9.59 Å². The van der Waals surface area contributed by atoms with E-state index in [4.69, 9.17) is 9.94 Å². The van der Waals surface area contributed by atoms with Gasteiger partial charge in [0.15, 0.2) is 0 Å². The number of hydroxylamine groups is 1. The Morgan fingerprint density at radius 3 is 2.71 bits per heavy atom. The molecule has 0 radical (unpaired) electrons. The van der Waals surface area contributed by atoms with Crippen LogP contribution in [0.4, 0.5) is 0 Å². The summed E-state index contributed by atoms with van der Waals surface area (Å²) in [5.74, 6) is 0.277. The number of benzene rings is 2. The lowest BCUT2D eigenvalue weighted by Crippen LogP contribution is -2.19. The third-order valence-electron chi connectivity index (χ3n) is 4.23. The van der Waals surface area contributed by atoms with Crippen molar-refractivity contribution in [1.82, 2.24) is 20.0 Å². The van der Waals surface area contributed by atoms with Gasteiger partial charge < -0.3 is 14.3 Å². The molecule has 140 valence electrons. The molecule has 28 heavy (non-hydrogen) atoms. The monoisotopic (exact) mass is 376 g/mol. The van der Waals surface area contributed by atoms with E-state index in [0.29, 0.717) is 22.5 Å². The number of carbonyl (C=O) groups is 1. The van der Waals surface area contributed by atoms with Crippen LogP contribution in [-0.4, -0.2) is 25.6 Å². The van der Waals surface area contributed by atoms with Crippen LogP contribution in [0.1, 0.15) is 16.2 Å². The Morgan fingerprint density at radius 2 is 1.93 bits per heavy atom. The van der Waals surface area contributed by atoms with Gasteiger partial charge in [0.1, 0.15) is 18.2 Å². The number of para-hydroxylation sites is 2. The number of amides is 1. The number of ether oxygens (including phenoxy) is 1. The zero-order valence-corrected chi connectivity index (χ0v) is 14.6. The van der Waals surface area contributed by atoms with Crippen LogP contribution in [0.3, 0.4) is 0 Å². The second-order valence-corrected chi connectivity index (χ2v) is 6.03. The molecule has 2 heterocycles. The molecule has 4 rings (SSSR count). The SMILES string of the molecule is O=C(NO)c1ccc2c(=O)[nH]c(COc3ccccc3-n3cccc3)nc2c1. The molecule has 0 bridgehead atoms. The Kier molecular flexibility index (Phi) is 4.61. The van der Waals surface area contributed by atoms with Crippen molar-refractivity contribution in [1.29, 1.82) is 0 Å². The van der Waals surface area contributed by atoms with Crippen LogP contribution in [0.25, 0.3) is 16.6 Å².